The van der Waals surface area contributed by atoms with Crippen LogP contribution >= 0.6 is 11.6 Å². The first-order valence-electron chi connectivity index (χ1n) is 10.6. The Morgan fingerprint density at radius 2 is 1.73 bits per heavy atom. The van der Waals surface area contributed by atoms with Crippen molar-refractivity contribution in [3.8, 4) is 11.8 Å². The van der Waals surface area contributed by atoms with Gasteiger partial charge in [0.15, 0.2) is 0 Å². The standard InChI is InChI=1S/C25H20ClFN4O2/c26-17-3-5-19-21(15-17)28-8-7-22(19)30-13-11-29(12-14-30)9-1-2-10-31-23-6-4-18(27)16-20(23)24(32)25(31)33/h3-8,15-16H,9-14H2. The Bertz CT molecular complexity index is 1320. The minimum atomic E-state index is -0.687. The fourth-order valence-electron chi connectivity index (χ4n) is 4.26. The average molecular weight is 463 g/mol. The van der Waals surface area contributed by atoms with Gasteiger partial charge in [-0.3, -0.25) is 24.4 Å². The number of anilines is 2. The van der Waals surface area contributed by atoms with Crippen LogP contribution in [0.5, 0.6) is 0 Å². The van der Waals surface area contributed by atoms with Gasteiger partial charge < -0.3 is 4.90 Å². The smallest absolute Gasteiger partial charge is 0.300 e. The van der Waals surface area contributed by atoms with Crippen LogP contribution < -0.4 is 9.80 Å². The number of benzene rings is 2. The van der Waals surface area contributed by atoms with E-state index < -0.39 is 17.5 Å². The molecule has 0 radical (unpaired) electrons. The number of pyridine rings is 1. The zero-order valence-corrected chi connectivity index (χ0v) is 18.5. The summed E-state index contributed by atoms with van der Waals surface area (Å²) >= 11 is 6.10. The number of fused-ring (bicyclic) bond motifs is 2. The Hall–Kier alpha value is -3.47. The van der Waals surface area contributed by atoms with Crippen LogP contribution in [0, 0.1) is 17.7 Å². The van der Waals surface area contributed by atoms with Crippen LogP contribution in [0.1, 0.15) is 10.4 Å². The van der Waals surface area contributed by atoms with Gasteiger partial charge in [0.05, 0.1) is 29.9 Å². The predicted octanol–water partition coefficient (Wildman–Crippen LogP) is 3.38. The van der Waals surface area contributed by atoms with E-state index in [1.165, 1.54) is 17.0 Å². The summed E-state index contributed by atoms with van der Waals surface area (Å²) in [5.74, 6) is 4.20. The molecule has 2 aliphatic heterocycles. The lowest BCUT2D eigenvalue weighted by molar-refractivity contribution is -0.114. The van der Waals surface area contributed by atoms with E-state index in [-0.39, 0.29) is 12.1 Å². The Morgan fingerprint density at radius 1 is 0.939 bits per heavy atom. The van der Waals surface area contributed by atoms with Gasteiger partial charge in [-0.25, -0.2) is 4.39 Å². The van der Waals surface area contributed by atoms with Crippen molar-refractivity contribution in [2.75, 3.05) is 49.1 Å². The van der Waals surface area contributed by atoms with Crippen LogP contribution in [-0.4, -0.2) is 60.8 Å². The summed E-state index contributed by atoms with van der Waals surface area (Å²) in [5.41, 5.74) is 2.55. The number of rotatable bonds is 3. The summed E-state index contributed by atoms with van der Waals surface area (Å²) in [4.78, 5) is 34.6. The second-order valence-corrected chi connectivity index (χ2v) is 8.43. The molecule has 166 valence electrons. The number of halogens is 2. The summed E-state index contributed by atoms with van der Waals surface area (Å²) in [6, 6.07) is 11.6. The lowest BCUT2D eigenvalue weighted by Gasteiger charge is -2.35. The molecule has 8 heteroatoms. The maximum atomic E-state index is 13.4. The van der Waals surface area contributed by atoms with Gasteiger partial charge in [0.1, 0.15) is 5.82 Å². The van der Waals surface area contributed by atoms with Crippen molar-refractivity contribution in [2.24, 2.45) is 0 Å². The molecule has 0 aliphatic carbocycles. The van der Waals surface area contributed by atoms with Crippen molar-refractivity contribution in [3.05, 3.63) is 65.1 Å². The highest BCUT2D eigenvalue weighted by Gasteiger charge is 2.35. The SMILES string of the molecule is O=C1C(=O)N(CC#CCN2CCN(c3ccnc4cc(Cl)ccc34)CC2)c2ccc(F)cc21. The van der Waals surface area contributed by atoms with E-state index in [1.807, 2.05) is 30.5 Å². The van der Waals surface area contributed by atoms with Gasteiger partial charge in [-0.05, 0) is 42.5 Å². The summed E-state index contributed by atoms with van der Waals surface area (Å²) in [6.45, 7) is 4.12. The van der Waals surface area contributed by atoms with E-state index in [9.17, 15) is 14.0 Å². The zero-order valence-electron chi connectivity index (χ0n) is 17.7. The van der Waals surface area contributed by atoms with Crippen LogP contribution in [0.4, 0.5) is 15.8 Å². The molecule has 0 saturated carbocycles. The molecule has 0 atom stereocenters. The molecule has 2 aliphatic rings. The van der Waals surface area contributed by atoms with E-state index >= 15 is 0 Å². The van der Waals surface area contributed by atoms with Crippen molar-refractivity contribution < 1.29 is 14.0 Å². The van der Waals surface area contributed by atoms with Crippen molar-refractivity contribution in [1.82, 2.24) is 9.88 Å². The van der Waals surface area contributed by atoms with Crippen LogP contribution in [0.15, 0.2) is 48.7 Å². The summed E-state index contributed by atoms with van der Waals surface area (Å²) < 4.78 is 13.4. The molecule has 3 heterocycles. The first-order chi connectivity index (χ1) is 16.0. The van der Waals surface area contributed by atoms with Crippen molar-refractivity contribution in [3.63, 3.8) is 0 Å². The minimum Gasteiger partial charge on any atom is -0.368 e. The molecule has 3 aromatic rings. The molecule has 0 N–H and O–H groups in total. The zero-order chi connectivity index (χ0) is 22.9. The third kappa shape index (κ3) is 4.15. The minimum absolute atomic E-state index is 0.101. The predicted molar refractivity (Wildman–Crippen MR) is 126 cm³/mol. The Kier molecular flexibility index (Phi) is 5.71. The molecule has 1 fully saturated rings. The van der Waals surface area contributed by atoms with Crippen LogP contribution in [0.3, 0.4) is 0 Å². The summed E-state index contributed by atoms with van der Waals surface area (Å²) in [7, 11) is 0. The quantitative estimate of drug-likeness (QED) is 0.441. The number of carbonyl (C=O) groups is 2. The fraction of sp³-hybridized carbons (Fsp3) is 0.240. The second-order valence-electron chi connectivity index (χ2n) is 7.99. The van der Waals surface area contributed by atoms with Crippen molar-refractivity contribution in [2.45, 2.75) is 0 Å². The van der Waals surface area contributed by atoms with Gasteiger partial charge in [0.25, 0.3) is 11.7 Å². The number of hydrogen-bond acceptors (Lipinski definition) is 5. The lowest BCUT2D eigenvalue weighted by Crippen LogP contribution is -2.46. The normalized spacial score (nSPS) is 16.2. The second kappa shape index (κ2) is 8.81. The first kappa shape index (κ1) is 21.4. The van der Waals surface area contributed by atoms with E-state index in [0.29, 0.717) is 17.3 Å². The summed E-state index contributed by atoms with van der Waals surface area (Å²) in [6.07, 6.45) is 1.81. The Morgan fingerprint density at radius 3 is 2.55 bits per heavy atom. The highest BCUT2D eigenvalue weighted by molar-refractivity contribution is 6.52. The largest absolute Gasteiger partial charge is 0.368 e. The number of aromatic nitrogens is 1. The molecular formula is C25H20ClFN4O2. The number of hydrogen-bond donors (Lipinski definition) is 0. The van der Waals surface area contributed by atoms with Crippen LogP contribution in [-0.2, 0) is 4.79 Å². The average Bonchev–Trinajstić information content (AvgIpc) is 3.06. The van der Waals surface area contributed by atoms with Gasteiger partial charge >= 0.3 is 0 Å². The number of piperazine rings is 1. The molecule has 5 rings (SSSR count). The van der Waals surface area contributed by atoms with Gasteiger partial charge in [0, 0.05) is 48.5 Å². The molecule has 0 unspecified atom stereocenters. The molecule has 1 aromatic heterocycles. The molecule has 0 spiro atoms. The lowest BCUT2D eigenvalue weighted by atomic mass is 10.1. The topological polar surface area (TPSA) is 56.8 Å². The highest BCUT2D eigenvalue weighted by Crippen LogP contribution is 2.29. The highest BCUT2D eigenvalue weighted by atomic mass is 35.5. The molecule has 33 heavy (non-hydrogen) atoms. The Balaban J connectivity index is 1.19. The fourth-order valence-corrected chi connectivity index (χ4v) is 4.43. The van der Waals surface area contributed by atoms with E-state index in [0.717, 1.165) is 48.8 Å². The molecule has 1 amide bonds. The Labute approximate surface area is 195 Å². The number of nitrogens with zero attached hydrogens (tertiary/aromatic N) is 4. The van der Waals surface area contributed by atoms with Gasteiger partial charge in [-0.15, -0.1) is 0 Å². The maximum absolute atomic E-state index is 13.4. The van der Waals surface area contributed by atoms with Crippen LogP contribution in [0.2, 0.25) is 5.02 Å². The number of carbonyl (C=O) groups excluding carboxylic acids is 2. The van der Waals surface area contributed by atoms with Crippen molar-refractivity contribution >= 4 is 45.6 Å². The monoisotopic (exact) mass is 462 g/mol. The number of Topliss-reactive ketones (excluding diaryl/α,β-unsaturated/α-hetero) is 1. The van der Waals surface area contributed by atoms with E-state index in [2.05, 4.69) is 26.6 Å². The molecule has 6 nitrogen and oxygen atoms in total. The summed E-state index contributed by atoms with van der Waals surface area (Å²) in [5, 5.41) is 1.76. The molecule has 2 aromatic carbocycles. The van der Waals surface area contributed by atoms with Gasteiger partial charge in [-0.2, -0.15) is 0 Å². The number of ketones is 1. The van der Waals surface area contributed by atoms with Crippen molar-refractivity contribution in [1.29, 1.82) is 0 Å². The third-order valence-corrected chi connectivity index (χ3v) is 6.23. The molecular weight excluding hydrogens is 443 g/mol. The van der Waals surface area contributed by atoms with E-state index in [4.69, 9.17) is 11.6 Å². The van der Waals surface area contributed by atoms with Crippen LogP contribution in [0.25, 0.3) is 10.9 Å². The molecule has 0 bridgehead atoms. The van der Waals surface area contributed by atoms with Gasteiger partial charge in [-0.1, -0.05) is 23.4 Å². The molecule has 1 saturated heterocycles. The third-order valence-electron chi connectivity index (χ3n) is 5.99. The van der Waals surface area contributed by atoms with Gasteiger partial charge in [0.2, 0.25) is 0 Å². The number of amides is 1. The first-order valence-corrected chi connectivity index (χ1v) is 11.0. The van der Waals surface area contributed by atoms with E-state index in [1.54, 1.807) is 0 Å². The maximum Gasteiger partial charge on any atom is 0.300 e.